The molecule has 0 aliphatic carbocycles. The second kappa shape index (κ2) is 16.2. The topological polar surface area (TPSA) is 145 Å². The summed E-state index contributed by atoms with van der Waals surface area (Å²) in [6, 6.07) is -3.56. The van der Waals surface area contributed by atoms with E-state index in [1.807, 2.05) is 48.5 Å². The SMILES string of the molecule is CC[C@H](C)[C@@H]1NC(=O)[C@@H]2[C@@H](C)CCN2C(=O)[C@@H](CC(C)C)OC(=O)CCNC(=O)[C@H](C)N(C)C(=O)[C@H]([C@@H](C)CC)N(C)C1=O. The number of likely N-dealkylation sites (N-methyl/N-ethyl adjacent to an activating group) is 2. The third-order valence-electron chi connectivity index (χ3n) is 9.40. The van der Waals surface area contributed by atoms with E-state index in [4.69, 9.17) is 4.74 Å². The molecule has 8 atom stereocenters. The van der Waals surface area contributed by atoms with Gasteiger partial charge in [-0.2, -0.15) is 0 Å². The van der Waals surface area contributed by atoms with E-state index in [-0.39, 0.29) is 43.1 Å². The molecule has 5 amide bonds. The van der Waals surface area contributed by atoms with Crippen LogP contribution in [0.15, 0.2) is 0 Å². The molecule has 2 N–H and O–H groups in total. The lowest BCUT2D eigenvalue weighted by molar-refractivity contribution is -0.162. The van der Waals surface area contributed by atoms with Crippen molar-refractivity contribution in [1.82, 2.24) is 25.3 Å². The van der Waals surface area contributed by atoms with Gasteiger partial charge in [0.25, 0.3) is 5.91 Å². The van der Waals surface area contributed by atoms with Crippen LogP contribution in [0.2, 0.25) is 0 Å². The van der Waals surface area contributed by atoms with Crippen molar-refractivity contribution in [3.63, 3.8) is 0 Å². The second-order valence-corrected chi connectivity index (χ2v) is 13.2. The van der Waals surface area contributed by atoms with Gasteiger partial charge in [-0.25, -0.2) is 0 Å². The number of hydrogen-bond acceptors (Lipinski definition) is 7. The molecule has 0 spiro atoms. The van der Waals surface area contributed by atoms with Gasteiger partial charge in [0.1, 0.15) is 24.2 Å². The zero-order valence-corrected chi connectivity index (χ0v) is 28.3. The molecule has 0 unspecified atom stereocenters. The molecule has 250 valence electrons. The van der Waals surface area contributed by atoms with Crippen LogP contribution >= 0.6 is 0 Å². The van der Waals surface area contributed by atoms with Crippen LogP contribution in [-0.4, -0.2) is 108 Å². The number of nitrogens with zero attached hydrogens (tertiary/aromatic N) is 3. The van der Waals surface area contributed by atoms with Crippen LogP contribution in [-0.2, 0) is 33.5 Å². The summed E-state index contributed by atoms with van der Waals surface area (Å²) in [5.74, 6) is -3.48. The summed E-state index contributed by atoms with van der Waals surface area (Å²) in [6.45, 7) is 15.2. The van der Waals surface area contributed by atoms with Gasteiger partial charge in [-0.3, -0.25) is 28.8 Å². The van der Waals surface area contributed by atoms with Gasteiger partial charge in [0.2, 0.25) is 23.6 Å². The third-order valence-corrected chi connectivity index (χ3v) is 9.40. The molecule has 0 saturated carbocycles. The Morgan fingerprint density at radius 3 is 2.02 bits per heavy atom. The molecule has 2 fully saturated rings. The summed E-state index contributed by atoms with van der Waals surface area (Å²) >= 11 is 0. The molecule has 0 radical (unpaired) electrons. The second-order valence-electron chi connectivity index (χ2n) is 13.2. The van der Waals surface area contributed by atoms with Crippen molar-refractivity contribution in [2.45, 2.75) is 118 Å². The van der Waals surface area contributed by atoms with E-state index in [9.17, 15) is 28.8 Å². The highest BCUT2D eigenvalue weighted by Gasteiger charge is 2.45. The van der Waals surface area contributed by atoms with E-state index in [0.29, 0.717) is 25.8 Å². The summed E-state index contributed by atoms with van der Waals surface area (Å²) in [6.07, 6.45) is 0.781. The van der Waals surface area contributed by atoms with Crippen molar-refractivity contribution in [1.29, 1.82) is 0 Å². The summed E-state index contributed by atoms with van der Waals surface area (Å²) < 4.78 is 5.64. The monoisotopic (exact) mass is 621 g/mol. The van der Waals surface area contributed by atoms with Crippen LogP contribution in [0.1, 0.15) is 87.5 Å². The Labute approximate surface area is 263 Å². The number of fused-ring (bicyclic) bond motifs is 1. The van der Waals surface area contributed by atoms with Crippen molar-refractivity contribution < 1.29 is 33.5 Å². The highest BCUT2D eigenvalue weighted by molar-refractivity contribution is 5.96. The van der Waals surface area contributed by atoms with Gasteiger partial charge in [-0.05, 0) is 43.4 Å². The van der Waals surface area contributed by atoms with Crippen LogP contribution in [0.3, 0.4) is 0 Å². The van der Waals surface area contributed by atoms with Crippen molar-refractivity contribution in [3.05, 3.63) is 0 Å². The fraction of sp³-hybridized carbons (Fsp3) is 0.812. The molecular weight excluding hydrogens is 566 g/mol. The molecule has 44 heavy (non-hydrogen) atoms. The first-order chi connectivity index (χ1) is 20.6. The van der Waals surface area contributed by atoms with Crippen molar-refractivity contribution in [3.8, 4) is 0 Å². The molecule has 12 nitrogen and oxygen atoms in total. The van der Waals surface area contributed by atoms with Crippen molar-refractivity contribution >= 4 is 35.5 Å². The van der Waals surface area contributed by atoms with Gasteiger partial charge in [0.05, 0.1) is 6.42 Å². The van der Waals surface area contributed by atoms with E-state index in [1.165, 1.54) is 21.7 Å². The number of rotatable bonds is 6. The first-order valence-electron chi connectivity index (χ1n) is 16.2. The minimum Gasteiger partial charge on any atom is -0.452 e. The van der Waals surface area contributed by atoms with Gasteiger partial charge in [-0.15, -0.1) is 0 Å². The zero-order valence-electron chi connectivity index (χ0n) is 28.3. The van der Waals surface area contributed by atoms with Gasteiger partial charge < -0.3 is 30.1 Å². The van der Waals surface area contributed by atoms with Gasteiger partial charge >= 0.3 is 5.97 Å². The Balaban J connectivity index is 2.60. The molecule has 12 heteroatoms. The maximum Gasteiger partial charge on any atom is 0.308 e. The van der Waals surface area contributed by atoms with Crippen LogP contribution in [0.4, 0.5) is 0 Å². The Morgan fingerprint density at radius 2 is 1.45 bits per heavy atom. The summed E-state index contributed by atoms with van der Waals surface area (Å²) in [7, 11) is 3.08. The molecule has 2 heterocycles. The van der Waals surface area contributed by atoms with E-state index < -0.39 is 65.8 Å². The minimum absolute atomic E-state index is 0.0284. The molecule has 0 aromatic carbocycles. The normalized spacial score (nSPS) is 30.2. The van der Waals surface area contributed by atoms with E-state index in [2.05, 4.69) is 10.6 Å². The van der Waals surface area contributed by atoms with Gasteiger partial charge in [0, 0.05) is 27.2 Å². The van der Waals surface area contributed by atoms with Gasteiger partial charge in [-0.1, -0.05) is 61.3 Å². The molecule has 2 aliphatic rings. The average molecular weight is 622 g/mol. The zero-order chi connectivity index (χ0) is 33.5. The Kier molecular flexibility index (Phi) is 13.6. The largest absolute Gasteiger partial charge is 0.452 e. The predicted molar refractivity (Wildman–Crippen MR) is 166 cm³/mol. The molecule has 0 aromatic rings. The number of esters is 1. The maximum atomic E-state index is 14.1. The molecule has 2 rings (SSSR count). The van der Waals surface area contributed by atoms with Crippen molar-refractivity contribution in [2.24, 2.45) is 23.7 Å². The first-order valence-corrected chi connectivity index (χ1v) is 16.2. The Morgan fingerprint density at radius 1 is 0.841 bits per heavy atom. The highest BCUT2D eigenvalue weighted by Crippen LogP contribution is 2.28. The third kappa shape index (κ3) is 8.72. The quantitative estimate of drug-likeness (QED) is 0.431. The first kappa shape index (κ1) is 37.0. The predicted octanol–water partition coefficient (Wildman–Crippen LogP) is 1.95. The molecular formula is C32H55N5O7. The number of carbonyl (C=O) groups excluding carboxylic acids is 6. The lowest BCUT2D eigenvalue weighted by Crippen LogP contribution is -2.61. The summed E-state index contributed by atoms with van der Waals surface area (Å²) in [4.78, 5) is 85.7. The fourth-order valence-corrected chi connectivity index (χ4v) is 5.93. The number of cyclic esters (lactones) is 1. The number of hydrogen-bond donors (Lipinski definition) is 2. The van der Waals surface area contributed by atoms with Gasteiger partial charge in [0.15, 0.2) is 6.10 Å². The fourth-order valence-electron chi connectivity index (χ4n) is 5.93. The van der Waals surface area contributed by atoms with Crippen LogP contribution in [0.25, 0.3) is 0 Å². The number of amides is 5. The van der Waals surface area contributed by atoms with Crippen LogP contribution in [0, 0.1) is 23.7 Å². The summed E-state index contributed by atoms with van der Waals surface area (Å²) in [5, 5.41) is 5.63. The molecule has 0 aromatic heterocycles. The standard InChI is InChI=1S/C32H55N5O7/c1-11-19(5)25-31(42)36(10)27(20(6)12-2)32(43)35(9)22(8)28(39)33-15-13-24(38)44-23(17-18(3)4)30(41)37-16-14-21(7)26(37)29(40)34-25/h18-23,25-27H,11-17H2,1-10H3,(H,33,39)(H,34,40)/t19-,20-,21-,22-,23+,25-,26-,27-/m0/s1. The molecule has 2 aliphatic heterocycles. The lowest BCUT2D eigenvalue weighted by Gasteiger charge is -2.39. The lowest BCUT2D eigenvalue weighted by atomic mass is 9.92. The van der Waals surface area contributed by atoms with E-state index in [0.717, 1.165) is 0 Å². The number of carbonyl (C=O) groups is 6. The van der Waals surface area contributed by atoms with E-state index >= 15 is 0 Å². The van der Waals surface area contributed by atoms with Crippen LogP contribution in [0.5, 0.6) is 0 Å². The highest BCUT2D eigenvalue weighted by atomic mass is 16.5. The van der Waals surface area contributed by atoms with E-state index in [1.54, 1.807) is 14.0 Å². The summed E-state index contributed by atoms with van der Waals surface area (Å²) in [5.41, 5.74) is 0. The molecule has 0 bridgehead atoms. The Bertz CT molecular complexity index is 1070. The number of ether oxygens (including phenoxy) is 1. The average Bonchev–Trinajstić information content (AvgIpc) is 3.37. The molecule has 2 saturated heterocycles. The number of nitrogens with one attached hydrogen (secondary N) is 2. The Hall–Kier alpha value is -3.18. The van der Waals surface area contributed by atoms with Crippen LogP contribution < -0.4 is 10.6 Å². The van der Waals surface area contributed by atoms with Crippen molar-refractivity contribution in [2.75, 3.05) is 27.2 Å². The minimum atomic E-state index is -1.09. The smallest absolute Gasteiger partial charge is 0.308 e. The maximum absolute atomic E-state index is 14.1.